The molecule has 72 heavy (non-hydrogen) atoms. The number of nitrogens with one attached hydrogen (secondary N) is 3. The number of piperazine rings is 1. The van der Waals surface area contributed by atoms with Crippen LogP contribution in [0, 0.1) is 0 Å². The van der Waals surface area contributed by atoms with E-state index >= 15 is 0 Å². The summed E-state index contributed by atoms with van der Waals surface area (Å²) >= 11 is 6.78. The lowest BCUT2D eigenvalue weighted by Crippen LogP contribution is -2.54. The number of anilines is 2. The summed E-state index contributed by atoms with van der Waals surface area (Å²) in [5.41, 5.74) is 5.07. The van der Waals surface area contributed by atoms with Crippen molar-refractivity contribution in [1.29, 1.82) is 0 Å². The molecule has 4 aliphatic heterocycles. The van der Waals surface area contributed by atoms with Crippen molar-refractivity contribution >= 4 is 69.5 Å². The number of phenolic OH excluding ortho intramolecular Hbond substituents is 1. The van der Waals surface area contributed by atoms with Gasteiger partial charge in [-0.25, -0.2) is 4.79 Å². The summed E-state index contributed by atoms with van der Waals surface area (Å²) in [6.07, 6.45) is 5.02. The summed E-state index contributed by atoms with van der Waals surface area (Å²) in [5, 5.41) is 16.9. The molecular formula is C53H59ClN8O10. The van der Waals surface area contributed by atoms with Crippen LogP contribution in [0.15, 0.2) is 83.7 Å². The summed E-state index contributed by atoms with van der Waals surface area (Å²) in [4.78, 5) is 87.9. The summed E-state index contributed by atoms with van der Waals surface area (Å²) < 4.78 is 19.4. The Morgan fingerprint density at radius 3 is 2.47 bits per heavy atom. The maximum absolute atomic E-state index is 13.6. The fourth-order valence-corrected chi connectivity index (χ4v) is 10.3. The standard InChI is InChI=1S/C53H59ClN8O10/c1-2-72-47-31-46(64)39(29-35(47)32-59-19-6-7-37(33-59)61-43-11-4-3-9-41(43)56-53(61)69)45(63)16-13-34-12-14-36(30-40(34)54)60-22-20-58(21-23-60)24-26-71-28-27-70-25-18-55-42-10-5-8-38-49(42)52(68)62(51(38)67)44-15-17-48(65)57-50(44)66/h3-5,8-14,16,29-31,37,44,55,64H,2,6-7,15,17-28,32-33H2,1H3,(H,56,69)(H,57,65,66)/b16-13+. The van der Waals surface area contributed by atoms with Crippen LogP contribution in [0.5, 0.6) is 11.5 Å². The number of aromatic hydroxyl groups is 1. The van der Waals surface area contributed by atoms with Crippen LogP contribution in [0.4, 0.5) is 11.4 Å². The number of para-hydroxylation sites is 2. The first-order valence-electron chi connectivity index (χ1n) is 24.6. The molecule has 2 unspecified atom stereocenters. The lowest BCUT2D eigenvalue weighted by Gasteiger charge is -2.36. The Hall–Kier alpha value is -6.83. The van der Waals surface area contributed by atoms with Crippen molar-refractivity contribution in [2.24, 2.45) is 0 Å². The SMILES string of the molecule is CCOc1cc(O)c(C(=O)/C=C/c2ccc(N3CCN(CCOCCOCCNc4cccc5c4C(=O)N(C4CCC(=O)NC4=O)C5=O)CC3)cc2Cl)cc1CN1CCCC(n2c(=O)[nH]c3ccccc32)C1. The van der Waals surface area contributed by atoms with Gasteiger partial charge in [0.15, 0.2) is 5.78 Å². The van der Waals surface area contributed by atoms with Gasteiger partial charge >= 0.3 is 5.69 Å². The summed E-state index contributed by atoms with van der Waals surface area (Å²) in [6, 6.07) is 20.6. The van der Waals surface area contributed by atoms with Crippen LogP contribution >= 0.6 is 11.6 Å². The first-order valence-corrected chi connectivity index (χ1v) is 25.0. The average molecular weight is 1000 g/mol. The van der Waals surface area contributed by atoms with Gasteiger partial charge in [0, 0.05) is 86.8 Å². The zero-order valence-corrected chi connectivity index (χ0v) is 41.0. The van der Waals surface area contributed by atoms with Gasteiger partial charge in [-0.15, -0.1) is 0 Å². The van der Waals surface area contributed by atoms with Gasteiger partial charge in [-0.2, -0.15) is 0 Å². The summed E-state index contributed by atoms with van der Waals surface area (Å²) in [6.45, 7) is 10.3. The van der Waals surface area contributed by atoms with E-state index in [0.717, 1.165) is 79.3 Å². The molecule has 4 aliphatic rings. The highest BCUT2D eigenvalue weighted by atomic mass is 35.5. The minimum Gasteiger partial charge on any atom is -0.507 e. The number of imide groups is 2. The van der Waals surface area contributed by atoms with Gasteiger partial charge in [0.05, 0.1) is 66.8 Å². The number of H-pyrrole nitrogens is 1. The van der Waals surface area contributed by atoms with Gasteiger partial charge in [-0.1, -0.05) is 35.9 Å². The van der Waals surface area contributed by atoms with E-state index in [0.29, 0.717) is 74.7 Å². The number of benzene rings is 4. The van der Waals surface area contributed by atoms with Crippen molar-refractivity contribution in [3.63, 3.8) is 0 Å². The minimum absolute atomic E-state index is 0.0180. The third-order valence-corrected chi connectivity index (χ3v) is 14.0. The molecule has 5 aromatic rings. The van der Waals surface area contributed by atoms with E-state index in [1.165, 1.54) is 12.1 Å². The molecule has 378 valence electrons. The molecule has 18 nitrogen and oxygen atoms in total. The molecule has 9 rings (SSSR count). The molecule has 1 aromatic heterocycles. The molecule has 0 saturated carbocycles. The molecule has 4 aromatic carbocycles. The number of carbonyl (C=O) groups excluding carboxylic acids is 5. The third-order valence-electron chi connectivity index (χ3n) is 13.7. The summed E-state index contributed by atoms with van der Waals surface area (Å²) in [5.74, 6) is -2.21. The van der Waals surface area contributed by atoms with Crippen molar-refractivity contribution < 1.29 is 43.3 Å². The monoisotopic (exact) mass is 1000 g/mol. The van der Waals surface area contributed by atoms with E-state index < -0.39 is 29.7 Å². The van der Waals surface area contributed by atoms with Crippen LogP contribution in [0.3, 0.4) is 0 Å². The van der Waals surface area contributed by atoms with Crippen molar-refractivity contribution in [3.8, 4) is 11.5 Å². The molecule has 3 fully saturated rings. The third kappa shape index (κ3) is 11.1. The number of hydrogen-bond donors (Lipinski definition) is 4. The Bertz CT molecular complexity index is 2950. The van der Waals surface area contributed by atoms with Crippen LogP contribution in [0.1, 0.15) is 80.8 Å². The number of piperidine rings is 2. The zero-order chi connectivity index (χ0) is 50.3. The maximum atomic E-state index is 13.6. The number of amides is 4. The Labute approximate surface area is 421 Å². The molecule has 0 spiro atoms. The van der Waals surface area contributed by atoms with Crippen LogP contribution in [-0.4, -0.2) is 150 Å². The topological polar surface area (TPSA) is 208 Å². The largest absolute Gasteiger partial charge is 0.507 e. The Morgan fingerprint density at radius 1 is 0.875 bits per heavy atom. The number of nitrogens with zero attached hydrogens (tertiary/aromatic N) is 5. The first kappa shape index (κ1) is 50.1. The van der Waals surface area contributed by atoms with Crippen LogP contribution in [0.25, 0.3) is 17.1 Å². The highest BCUT2D eigenvalue weighted by molar-refractivity contribution is 6.32. The van der Waals surface area contributed by atoms with E-state index in [-0.39, 0.29) is 52.8 Å². The predicted octanol–water partition coefficient (Wildman–Crippen LogP) is 5.49. The number of ketones is 1. The van der Waals surface area contributed by atoms with Gasteiger partial charge < -0.3 is 34.5 Å². The minimum atomic E-state index is -1.02. The Balaban J connectivity index is 0.693. The molecule has 0 radical (unpaired) electrons. The number of rotatable bonds is 20. The second kappa shape index (κ2) is 22.7. The number of aromatic amines is 1. The van der Waals surface area contributed by atoms with Crippen molar-refractivity contribution in [1.82, 2.24) is 29.6 Å². The number of phenols is 1. The average Bonchev–Trinajstić information content (AvgIpc) is 3.85. The van der Waals surface area contributed by atoms with Crippen molar-refractivity contribution in [3.05, 3.63) is 122 Å². The molecule has 0 aliphatic carbocycles. The molecule has 5 heterocycles. The lowest BCUT2D eigenvalue weighted by atomic mass is 10.0. The van der Waals surface area contributed by atoms with Gasteiger partial charge in [-0.05, 0) is 92.9 Å². The fourth-order valence-electron chi connectivity index (χ4n) is 10.1. The number of fused-ring (bicyclic) bond motifs is 2. The number of allylic oxidation sites excluding steroid dienone is 1. The zero-order valence-electron chi connectivity index (χ0n) is 40.2. The normalized spacial score (nSPS) is 18.9. The van der Waals surface area contributed by atoms with Gasteiger partial charge in [0.25, 0.3) is 11.8 Å². The van der Waals surface area contributed by atoms with Gasteiger partial charge in [-0.3, -0.25) is 48.6 Å². The van der Waals surface area contributed by atoms with Crippen LogP contribution in [-0.2, 0) is 25.6 Å². The number of hydrogen-bond acceptors (Lipinski definition) is 14. The number of aromatic nitrogens is 2. The van der Waals surface area contributed by atoms with Crippen LogP contribution in [0.2, 0.25) is 5.02 Å². The summed E-state index contributed by atoms with van der Waals surface area (Å²) in [7, 11) is 0. The number of ether oxygens (including phenoxy) is 3. The Morgan fingerprint density at radius 2 is 1.68 bits per heavy atom. The van der Waals surface area contributed by atoms with Crippen LogP contribution < -0.4 is 26.0 Å². The number of likely N-dealkylation sites (tertiary alicyclic amines) is 1. The van der Waals surface area contributed by atoms with Gasteiger partial charge in [0.1, 0.15) is 17.5 Å². The quantitative estimate of drug-likeness (QED) is 0.0330. The van der Waals surface area contributed by atoms with E-state index in [2.05, 4.69) is 30.3 Å². The van der Waals surface area contributed by atoms with Gasteiger partial charge in [0.2, 0.25) is 11.8 Å². The number of imidazole rings is 1. The van der Waals surface area contributed by atoms with E-state index in [9.17, 15) is 33.9 Å². The lowest BCUT2D eigenvalue weighted by molar-refractivity contribution is -0.136. The molecule has 2 atom stereocenters. The molecule has 3 saturated heterocycles. The highest BCUT2D eigenvalue weighted by Crippen LogP contribution is 2.35. The number of carbonyl (C=O) groups is 5. The molecule has 19 heteroatoms. The van der Waals surface area contributed by atoms with E-state index in [4.69, 9.17) is 25.8 Å². The highest BCUT2D eigenvalue weighted by Gasteiger charge is 2.45. The fraction of sp³-hybridized carbons (Fsp3) is 0.396. The second-order valence-corrected chi connectivity index (χ2v) is 18.7. The molecule has 4 N–H and O–H groups in total. The molecular weight excluding hydrogens is 944 g/mol. The van der Waals surface area contributed by atoms with E-state index in [1.807, 2.05) is 54.0 Å². The van der Waals surface area contributed by atoms with E-state index in [1.54, 1.807) is 30.3 Å². The Kier molecular flexibility index (Phi) is 15.8. The molecule has 4 amide bonds. The van der Waals surface area contributed by atoms with Crippen molar-refractivity contribution in [2.45, 2.75) is 51.2 Å². The predicted molar refractivity (Wildman–Crippen MR) is 272 cm³/mol. The second-order valence-electron chi connectivity index (χ2n) is 18.3. The van der Waals surface area contributed by atoms with Crippen molar-refractivity contribution in [2.75, 3.05) is 95.6 Å². The first-order chi connectivity index (χ1) is 35.0. The smallest absolute Gasteiger partial charge is 0.326 e. The maximum Gasteiger partial charge on any atom is 0.326 e. The molecule has 0 bridgehead atoms. The number of halogens is 1.